The summed E-state index contributed by atoms with van der Waals surface area (Å²) in [5.74, 6) is 0.948. The molecule has 2 heteroatoms. The summed E-state index contributed by atoms with van der Waals surface area (Å²) < 4.78 is 6.00. The lowest BCUT2D eigenvalue weighted by atomic mass is 9.95. The van der Waals surface area contributed by atoms with Gasteiger partial charge in [0.25, 0.3) is 0 Å². The Morgan fingerprint density at radius 2 is 1.28 bits per heavy atom. The second kappa shape index (κ2) is 13.5. The summed E-state index contributed by atoms with van der Waals surface area (Å²) in [5, 5.41) is 0. The Hall–Kier alpha value is -2.84. The Morgan fingerprint density at radius 1 is 0.688 bits per heavy atom. The van der Waals surface area contributed by atoms with Gasteiger partial charge in [-0.25, -0.2) is 0 Å². The highest BCUT2D eigenvalue weighted by Gasteiger charge is 2.06. The average Bonchev–Trinajstić information content (AvgIpc) is 2.86. The SMILES string of the molecule is CCN(CC)CCCCCCOc1ccc(/C(=C\c2ccccc2)c2ccccc2)cc1. The number of benzene rings is 3. The van der Waals surface area contributed by atoms with Gasteiger partial charge >= 0.3 is 0 Å². The van der Waals surface area contributed by atoms with E-state index in [-0.39, 0.29) is 0 Å². The number of ether oxygens (including phenoxy) is 1. The first-order chi connectivity index (χ1) is 15.8. The van der Waals surface area contributed by atoms with Crippen molar-refractivity contribution in [3.8, 4) is 5.75 Å². The molecule has 0 radical (unpaired) electrons. The first-order valence-electron chi connectivity index (χ1n) is 12.1. The third-order valence-electron chi connectivity index (χ3n) is 5.89. The maximum atomic E-state index is 6.00. The third-order valence-corrected chi connectivity index (χ3v) is 5.89. The molecular formula is C30H37NO. The second-order valence-corrected chi connectivity index (χ2v) is 8.15. The zero-order valence-corrected chi connectivity index (χ0v) is 19.7. The summed E-state index contributed by atoms with van der Waals surface area (Å²) in [5.41, 5.74) is 4.84. The van der Waals surface area contributed by atoms with Crippen molar-refractivity contribution in [2.24, 2.45) is 0 Å². The summed E-state index contributed by atoms with van der Waals surface area (Å²) in [6.45, 7) is 8.79. The predicted molar refractivity (Wildman–Crippen MR) is 138 cm³/mol. The van der Waals surface area contributed by atoms with Crippen molar-refractivity contribution in [3.63, 3.8) is 0 Å². The third kappa shape index (κ3) is 7.69. The molecule has 0 saturated heterocycles. The van der Waals surface area contributed by atoms with Crippen LogP contribution < -0.4 is 4.74 Å². The van der Waals surface area contributed by atoms with Crippen molar-refractivity contribution in [3.05, 3.63) is 102 Å². The molecule has 0 amide bonds. The normalized spacial score (nSPS) is 11.7. The van der Waals surface area contributed by atoms with Gasteiger partial charge in [0, 0.05) is 0 Å². The first-order valence-corrected chi connectivity index (χ1v) is 12.1. The van der Waals surface area contributed by atoms with E-state index in [9.17, 15) is 0 Å². The lowest BCUT2D eigenvalue weighted by Gasteiger charge is -2.17. The topological polar surface area (TPSA) is 12.5 Å². The summed E-state index contributed by atoms with van der Waals surface area (Å²) >= 11 is 0. The number of hydrogen-bond acceptors (Lipinski definition) is 2. The molecule has 32 heavy (non-hydrogen) atoms. The summed E-state index contributed by atoms with van der Waals surface area (Å²) in [6.07, 6.45) is 7.17. The molecule has 0 bridgehead atoms. The van der Waals surface area contributed by atoms with E-state index in [1.54, 1.807) is 0 Å². The second-order valence-electron chi connectivity index (χ2n) is 8.15. The van der Waals surface area contributed by atoms with Crippen LogP contribution in [0.15, 0.2) is 84.9 Å². The molecule has 0 saturated carbocycles. The van der Waals surface area contributed by atoms with Gasteiger partial charge in [0.15, 0.2) is 0 Å². The van der Waals surface area contributed by atoms with Crippen molar-refractivity contribution in [1.29, 1.82) is 0 Å². The van der Waals surface area contributed by atoms with Crippen LogP contribution in [0.3, 0.4) is 0 Å². The Balaban J connectivity index is 1.54. The Bertz CT molecular complexity index is 912. The quantitative estimate of drug-likeness (QED) is 0.206. The predicted octanol–water partition coefficient (Wildman–Crippen LogP) is 7.56. The Kier molecular flexibility index (Phi) is 10.1. The van der Waals surface area contributed by atoms with E-state index in [0.29, 0.717) is 0 Å². The van der Waals surface area contributed by atoms with Crippen LogP contribution >= 0.6 is 0 Å². The smallest absolute Gasteiger partial charge is 0.119 e. The van der Waals surface area contributed by atoms with Gasteiger partial charge in [0.1, 0.15) is 5.75 Å². The molecule has 168 valence electrons. The number of hydrogen-bond donors (Lipinski definition) is 0. The highest BCUT2D eigenvalue weighted by molar-refractivity contribution is 5.91. The number of nitrogens with zero attached hydrogens (tertiary/aromatic N) is 1. The van der Waals surface area contributed by atoms with Crippen molar-refractivity contribution in [1.82, 2.24) is 4.90 Å². The standard InChI is InChI=1S/C30H37NO/c1-3-31(4-2)23-13-5-6-14-24-32-29-21-19-28(20-22-29)30(27-17-11-8-12-18-27)25-26-15-9-7-10-16-26/h7-12,15-22,25H,3-6,13-14,23-24H2,1-2H3/b30-25-. The molecule has 2 nitrogen and oxygen atoms in total. The fourth-order valence-electron chi connectivity index (χ4n) is 3.92. The van der Waals surface area contributed by atoms with Gasteiger partial charge in [-0.05, 0) is 72.9 Å². The molecule has 0 unspecified atom stereocenters. The summed E-state index contributed by atoms with van der Waals surface area (Å²) in [7, 11) is 0. The zero-order valence-electron chi connectivity index (χ0n) is 19.7. The zero-order chi connectivity index (χ0) is 22.4. The van der Waals surface area contributed by atoms with E-state index in [1.807, 2.05) is 0 Å². The number of rotatable bonds is 13. The van der Waals surface area contributed by atoms with Crippen LogP contribution in [0, 0.1) is 0 Å². The molecule has 0 atom stereocenters. The van der Waals surface area contributed by atoms with E-state index in [4.69, 9.17) is 4.74 Å². The fraction of sp³-hybridized carbons (Fsp3) is 0.333. The van der Waals surface area contributed by atoms with Crippen molar-refractivity contribution in [2.45, 2.75) is 39.5 Å². The molecule has 0 aliphatic heterocycles. The molecule has 0 spiro atoms. The van der Waals surface area contributed by atoms with E-state index in [0.717, 1.165) is 31.9 Å². The molecule has 0 aromatic heterocycles. The minimum Gasteiger partial charge on any atom is -0.494 e. The highest BCUT2D eigenvalue weighted by atomic mass is 16.5. The van der Waals surface area contributed by atoms with Crippen molar-refractivity contribution >= 4 is 11.6 Å². The van der Waals surface area contributed by atoms with Crippen LogP contribution in [0.5, 0.6) is 5.75 Å². The van der Waals surface area contributed by atoms with Gasteiger partial charge in [-0.2, -0.15) is 0 Å². The van der Waals surface area contributed by atoms with E-state index >= 15 is 0 Å². The van der Waals surface area contributed by atoms with Gasteiger partial charge in [0.05, 0.1) is 6.61 Å². The molecule has 0 heterocycles. The summed E-state index contributed by atoms with van der Waals surface area (Å²) in [6, 6.07) is 29.6. The maximum Gasteiger partial charge on any atom is 0.119 e. The first kappa shape index (κ1) is 23.8. The van der Waals surface area contributed by atoms with Gasteiger partial charge in [0.2, 0.25) is 0 Å². The van der Waals surface area contributed by atoms with Crippen LogP contribution in [0.1, 0.15) is 56.2 Å². The number of unbranched alkanes of at least 4 members (excludes halogenated alkanes) is 3. The molecular weight excluding hydrogens is 390 g/mol. The molecule has 0 aliphatic carbocycles. The van der Waals surface area contributed by atoms with E-state index in [1.165, 1.54) is 48.1 Å². The van der Waals surface area contributed by atoms with Crippen LogP contribution in [0.4, 0.5) is 0 Å². The molecule has 3 aromatic carbocycles. The molecule has 3 rings (SSSR count). The lowest BCUT2D eigenvalue weighted by molar-refractivity contribution is 0.284. The largest absolute Gasteiger partial charge is 0.494 e. The molecule has 0 N–H and O–H groups in total. The van der Waals surface area contributed by atoms with Gasteiger partial charge in [-0.1, -0.05) is 99.5 Å². The van der Waals surface area contributed by atoms with Crippen molar-refractivity contribution < 1.29 is 4.74 Å². The Morgan fingerprint density at radius 3 is 1.94 bits per heavy atom. The van der Waals surface area contributed by atoms with Crippen LogP contribution in [-0.4, -0.2) is 31.1 Å². The van der Waals surface area contributed by atoms with Crippen LogP contribution in [0.2, 0.25) is 0 Å². The van der Waals surface area contributed by atoms with Gasteiger partial charge in [-0.15, -0.1) is 0 Å². The minimum atomic E-state index is 0.788. The fourth-order valence-corrected chi connectivity index (χ4v) is 3.92. The molecule has 0 fully saturated rings. The highest BCUT2D eigenvalue weighted by Crippen LogP contribution is 2.27. The van der Waals surface area contributed by atoms with E-state index < -0.39 is 0 Å². The average molecular weight is 428 g/mol. The van der Waals surface area contributed by atoms with E-state index in [2.05, 4.69) is 110 Å². The Labute approximate surface area is 194 Å². The van der Waals surface area contributed by atoms with Crippen LogP contribution in [0.25, 0.3) is 11.6 Å². The lowest BCUT2D eigenvalue weighted by Crippen LogP contribution is -2.23. The van der Waals surface area contributed by atoms with Crippen molar-refractivity contribution in [2.75, 3.05) is 26.2 Å². The summed E-state index contributed by atoms with van der Waals surface area (Å²) in [4.78, 5) is 2.49. The monoisotopic (exact) mass is 427 g/mol. The van der Waals surface area contributed by atoms with Gasteiger partial charge < -0.3 is 9.64 Å². The minimum absolute atomic E-state index is 0.788. The van der Waals surface area contributed by atoms with Gasteiger partial charge in [-0.3, -0.25) is 0 Å². The van der Waals surface area contributed by atoms with Crippen LogP contribution in [-0.2, 0) is 0 Å². The maximum absolute atomic E-state index is 6.00. The molecule has 0 aliphatic rings. The molecule has 3 aromatic rings.